The van der Waals surface area contributed by atoms with Gasteiger partial charge in [0.15, 0.2) is 0 Å². The number of aliphatic hydroxyl groups is 1. The standard InChI is InChI=1S/C30H31N5O6S/c1-18-23(28(30(38)39)35-27(18)25(19(2)36)29(35)37)16-34-31-26(21-7-5-4-6-8-21)22-10-9-20(15-24(22)42(34,40)41)11-12-33-14-13-32(3)17-33/h4-10,13-15,17-19,25,27,36H,11-12,16H2,1-3H3/t18-,19+,25+,27+/m0/s1. The van der Waals surface area contributed by atoms with Crippen LogP contribution in [0, 0.1) is 11.8 Å². The molecule has 2 aromatic carbocycles. The van der Waals surface area contributed by atoms with Gasteiger partial charge in [0.1, 0.15) is 18.1 Å². The summed E-state index contributed by atoms with van der Waals surface area (Å²) in [5.41, 5.74) is 2.29. The number of nitrogens with zero attached hydrogens (tertiary/aromatic N) is 5. The van der Waals surface area contributed by atoms with Gasteiger partial charge in [-0.3, -0.25) is 4.79 Å². The first-order valence-corrected chi connectivity index (χ1v) is 15.2. The average molecular weight is 590 g/mol. The number of amides is 1. The Bertz CT molecular complexity index is 1760. The second-order valence-electron chi connectivity index (χ2n) is 11.1. The van der Waals surface area contributed by atoms with Gasteiger partial charge < -0.3 is 19.9 Å². The monoisotopic (exact) mass is 589 g/mol. The number of hydrazone groups is 1. The van der Waals surface area contributed by atoms with Crippen molar-refractivity contribution in [2.75, 3.05) is 6.54 Å². The lowest BCUT2D eigenvalue weighted by Gasteiger charge is -2.47. The van der Waals surface area contributed by atoms with Gasteiger partial charge in [-0.2, -0.15) is 17.9 Å². The summed E-state index contributed by atoms with van der Waals surface area (Å²) in [6.07, 6.45) is 5.42. The van der Waals surface area contributed by atoms with Gasteiger partial charge in [0.05, 0.1) is 54.8 Å². The largest absolute Gasteiger partial charge is 0.543 e. The third-order valence-corrected chi connectivity index (χ3v) is 10.1. The van der Waals surface area contributed by atoms with Gasteiger partial charge in [-0.1, -0.05) is 49.4 Å². The van der Waals surface area contributed by atoms with Crippen LogP contribution in [-0.4, -0.2) is 63.7 Å². The number of β-lactam (4-membered cyclic amide) rings is 1. The molecule has 11 nitrogen and oxygen atoms in total. The van der Waals surface area contributed by atoms with Crippen LogP contribution >= 0.6 is 0 Å². The highest BCUT2D eigenvalue weighted by Gasteiger charge is 2.59. The third-order valence-electron chi connectivity index (χ3n) is 8.41. The van der Waals surface area contributed by atoms with Crippen LogP contribution in [0.2, 0.25) is 0 Å². The van der Waals surface area contributed by atoms with E-state index in [0.29, 0.717) is 29.8 Å². The van der Waals surface area contributed by atoms with Gasteiger partial charge in [0.25, 0.3) is 10.0 Å². The second-order valence-corrected chi connectivity index (χ2v) is 12.9. The number of rotatable bonds is 8. The molecule has 0 bridgehead atoms. The molecule has 3 aliphatic rings. The van der Waals surface area contributed by atoms with E-state index < -0.39 is 45.9 Å². The molecule has 3 aromatic rings. The van der Waals surface area contributed by atoms with Gasteiger partial charge in [0.2, 0.25) is 12.2 Å². The lowest BCUT2D eigenvalue weighted by molar-refractivity contribution is -0.671. The van der Waals surface area contributed by atoms with E-state index in [4.69, 9.17) is 0 Å². The molecule has 4 heterocycles. The van der Waals surface area contributed by atoms with Crippen molar-refractivity contribution in [2.24, 2.45) is 24.0 Å². The van der Waals surface area contributed by atoms with Crippen molar-refractivity contribution in [3.63, 3.8) is 0 Å². The Balaban J connectivity index is 1.41. The van der Waals surface area contributed by atoms with Crippen LogP contribution in [0.25, 0.3) is 0 Å². The lowest BCUT2D eigenvalue weighted by Crippen LogP contribution is -2.64. The molecule has 0 saturated carbocycles. The molecule has 218 valence electrons. The van der Waals surface area contributed by atoms with E-state index in [1.807, 2.05) is 71.3 Å². The zero-order valence-electron chi connectivity index (χ0n) is 23.4. The molecule has 1 saturated heterocycles. The fourth-order valence-electron chi connectivity index (χ4n) is 6.27. The topological polar surface area (TPSA) is 139 Å². The van der Waals surface area contributed by atoms with Crippen LogP contribution < -0.4 is 9.67 Å². The van der Waals surface area contributed by atoms with Crippen LogP contribution in [0.4, 0.5) is 0 Å². The predicted octanol–water partition coefficient (Wildman–Crippen LogP) is 0.174. The summed E-state index contributed by atoms with van der Waals surface area (Å²) < 4.78 is 33.1. The number of hydrogen-bond acceptors (Lipinski definition) is 7. The van der Waals surface area contributed by atoms with Gasteiger partial charge in [-0.15, -0.1) is 0 Å². The number of sulfonamides is 1. The van der Waals surface area contributed by atoms with E-state index in [9.17, 15) is 28.2 Å². The van der Waals surface area contributed by atoms with Crippen LogP contribution in [0.3, 0.4) is 0 Å². The number of carbonyl (C=O) groups is 2. The Labute approximate surface area is 243 Å². The highest BCUT2D eigenvalue weighted by atomic mass is 32.2. The summed E-state index contributed by atoms with van der Waals surface area (Å²) in [6, 6.07) is 13.9. The van der Waals surface area contributed by atoms with Crippen LogP contribution in [0.5, 0.6) is 0 Å². The predicted molar refractivity (Wildman–Crippen MR) is 149 cm³/mol. The second kappa shape index (κ2) is 10.2. The number of carboxylic acid groups (broad SMARTS) is 1. The lowest BCUT2D eigenvalue weighted by atomic mass is 9.78. The van der Waals surface area contributed by atoms with Crippen LogP contribution in [0.1, 0.15) is 30.5 Å². The van der Waals surface area contributed by atoms with Crippen molar-refractivity contribution in [1.82, 2.24) is 13.9 Å². The first-order valence-electron chi connectivity index (χ1n) is 13.8. The fourth-order valence-corrected chi connectivity index (χ4v) is 7.74. The average Bonchev–Trinajstić information content (AvgIpc) is 3.47. The number of fused-ring (bicyclic) bond motifs is 2. The van der Waals surface area contributed by atoms with Gasteiger partial charge >= 0.3 is 0 Å². The Morgan fingerprint density at radius 2 is 1.93 bits per heavy atom. The number of hydrogen-bond donors (Lipinski definition) is 1. The van der Waals surface area contributed by atoms with E-state index in [2.05, 4.69) is 5.10 Å². The minimum Gasteiger partial charge on any atom is -0.543 e. The summed E-state index contributed by atoms with van der Waals surface area (Å²) >= 11 is 0. The minimum absolute atomic E-state index is 0.0781. The number of aliphatic hydroxyl groups excluding tert-OH is 1. The summed E-state index contributed by atoms with van der Waals surface area (Å²) in [6.45, 7) is 3.49. The third kappa shape index (κ3) is 4.42. The number of carbonyl (C=O) groups excluding carboxylic acids is 2. The van der Waals surface area contributed by atoms with Crippen molar-refractivity contribution in [3.8, 4) is 0 Å². The molecule has 0 unspecified atom stereocenters. The summed E-state index contributed by atoms with van der Waals surface area (Å²) in [4.78, 5) is 26.3. The molecule has 1 fully saturated rings. The van der Waals surface area contributed by atoms with E-state index in [1.165, 1.54) is 6.92 Å². The molecule has 0 aliphatic carbocycles. The number of benzene rings is 2. The van der Waals surface area contributed by atoms with Crippen molar-refractivity contribution in [1.29, 1.82) is 0 Å². The Morgan fingerprint density at radius 1 is 1.19 bits per heavy atom. The molecule has 1 N–H and O–H groups in total. The van der Waals surface area contributed by atoms with Crippen LogP contribution in [-0.2, 0) is 39.6 Å². The van der Waals surface area contributed by atoms with E-state index in [1.54, 1.807) is 19.1 Å². The number of carboxylic acids is 1. The first-order chi connectivity index (χ1) is 20.0. The fraction of sp³-hybridized carbons (Fsp3) is 0.333. The molecular formula is C30H31N5O6S. The van der Waals surface area contributed by atoms with Gasteiger partial charge in [-0.05, 0) is 24.1 Å². The molecule has 3 aliphatic heterocycles. The first kappa shape index (κ1) is 27.9. The smallest absolute Gasteiger partial charge is 0.280 e. The molecule has 0 radical (unpaired) electrons. The molecule has 6 rings (SSSR count). The maximum atomic E-state index is 14.1. The minimum atomic E-state index is -4.21. The van der Waals surface area contributed by atoms with Gasteiger partial charge in [-0.25, -0.2) is 9.13 Å². The van der Waals surface area contributed by atoms with E-state index >= 15 is 0 Å². The Hall–Kier alpha value is -4.29. The van der Waals surface area contributed by atoms with Crippen molar-refractivity contribution in [2.45, 2.75) is 43.9 Å². The van der Waals surface area contributed by atoms with Crippen molar-refractivity contribution in [3.05, 3.63) is 95.2 Å². The van der Waals surface area contributed by atoms with Crippen LogP contribution in [0.15, 0.2) is 88.5 Å². The van der Waals surface area contributed by atoms with Gasteiger partial charge in [0, 0.05) is 23.5 Å². The van der Waals surface area contributed by atoms with E-state index in [-0.39, 0.29) is 22.7 Å². The Morgan fingerprint density at radius 3 is 2.57 bits per heavy atom. The zero-order chi connectivity index (χ0) is 29.9. The molecular weight excluding hydrogens is 558 g/mol. The quantitative estimate of drug-likeness (QED) is 0.294. The number of imidazole rings is 1. The highest BCUT2D eigenvalue weighted by molar-refractivity contribution is 7.89. The molecule has 1 aromatic heterocycles. The Kier molecular flexibility index (Phi) is 6.77. The number of aromatic nitrogens is 2. The van der Waals surface area contributed by atoms with Crippen molar-refractivity contribution < 1.29 is 32.8 Å². The molecule has 4 atom stereocenters. The molecule has 42 heavy (non-hydrogen) atoms. The zero-order valence-corrected chi connectivity index (χ0v) is 24.2. The maximum Gasteiger partial charge on any atom is 0.280 e. The summed E-state index contributed by atoms with van der Waals surface area (Å²) in [5, 5.41) is 27.0. The highest BCUT2D eigenvalue weighted by Crippen LogP contribution is 2.47. The number of aryl methyl sites for hydroxylation is 3. The van der Waals surface area contributed by atoms with E-state index in [0.717, 1.165) is 14.9 Å². The summed E-state index contributed by atoms with van der Waals surface area (Å²) in [5.74, 6) is -3.40. The number of aliphatic carboxylic acids is 1. The molecule has 0 spiro atoms. The van der Waals surface area contributed by atoms with Crippen molar-refractivity contribution >= 4 is 27.6 Å². The SMILES string of the molecule is C[C@@H](O)[C@H]1C(=O)N2C(C(=O)[O-])=C(CN3N=C(c4ccccc4)c4ccc(CCn5cc[n+](C)c5)cc4S3(=O)=O)[C@H](C)[C@H]12. The molecule has 12 heteroatoms. The summed E-state index contributed by atoms with van der Waals surface area (Å²) in [7, 11) is -2.28. The maximum absolute atomic E-state index is 14.1. The normalized spacial score (nSPS) is 23.3. The molecule has 1 amide bonds.